The van der Waals surface area contributed by atoms with Crippen molar-refractivity contribution < 1.29 is 14.0 Å². The van der Waals surface area contributed by atoms with Crippen LogP contribution in [0.3, 0.4) is 0 Å². The largest absolute Gasteiger partial charge is 0.472 e. The van der Waals surface area contributed by atoms with Gasteiger partial charge in [0.05, 0.1) is 17.9 Å². The average molecular weight is 395 g/mol. The Labute approximate surface area is 162 Å². The predicted molar refractivity (Wildman–Crippen MR) is 100 cm³/mol. The SMILES string of the molecule is CC(NC(=O)C1CCN(C(=O)c2ccoc2)CC1)c1ccc(Cl)cc1Cl. The normalized spacial score (nSPS) is 16.3. The van der Waals surface area contributed by atoms with E-state index < -0.39 is 0 Å². The van der Waals surface area contributed by atoms with Crippen molar-refractivity contribution in [2.75, 3.05) is 13.1 Å². The van der Waals surface area contributed by atoms with Crippen LogP contribution >= 0.6 is 23.2 Å². The molecule has 1 N–H and O–H groups in total. The van der Waals surface area contributed by atoms with E-state index in [4.69, 9.17) is 27.6 Å². The van der Waals surface area contributed by atoms with E-state index >= 15 is 0 Å². The van der Waals surface area contributed by atoms with Gasteiger partial charge in [-0.05, 0) is 43.5 Å². The van der Waals surface area contributed by atoms with Gasteiger partial charge in [-0.3, -0.25) is 9.59 Å². The molecule has 1 saturated heterocycles. The summed E-state index contributed by atoms with van der Waals surface area (Å²) >= 11 is 12.1. The summed E-state index contributed by atoms with van der Waals surface area (Å²) in [7, 11) is 0. The number of benzene rings is 1. The Balaban J connectivity index is 1.54. The lowest BCUT2D eigenvalue weighted by Crippen LogP contribution is -2.43. The van der Waals surface area contributed by atoms with Crippen LogP contribution in [-0.2, 0) is 4.79 Å². The second kappa shape index (κ2) is 8.14. The number of piperidine rings is 1. The monoisotopic (exact) mass is 394 g/mol. The molecule has 1 unspecified atom stereocenters. The van der Waals surface area contributed by atoms with Crippen molar-refractivity contribution >= 4 is 35.0 Å². The fourth-order valence-electron chi connectivity index (χ4n) is 3.18. The fourth-order valence-corrected chi connectivity index (χ4v) is 3.75. The van der Waals surface area contributed by atoms with Crippen LogP contribution < -0.4 is 5.32 Å². The molecule has 0 aliphatic carbocycles. The Morgan fingerprint density at radius 3 is 2.58 bits per heavy atom. The first kappa shape index (κ1) is 18.8. The third-order valence-electron chi connectivity index (χ3n) is 4.71. The number of likely N-dealkylation sites (tertiary alicyclic amines) is 1. The van der Waals surface area contributed by atoms with Crippen molar-refractivity contribution in [1.29, 1.82) is 0 Å². The molecule has 2 heterocycles. The lowest BCUT2D eigenvalue weighted by atomic mass is 9.95. The number of halogens is 2. The zero-order valence-corrected chi connectivity index (χ0v) is 15.9. The standard InChI is InChI=1S/C19H20Cl2N2O3/c1-12(16-3-2-15(20)10-17(16)21)22-18(24)13-4-7-23(8-5-13)19(25)14-6-9-26-11-14/h2-3,6,9-13H,4-5,7-8H2,1H3,(H,22,24). The first-order valence-electron chi connectivity index (χ1n) is 8.52. The van der Waals surface area contributed by atoms with Crippen molar-refractivity contribution in [2.24, 2.45) is 5.92 Å². The van der Waals surface area contributed by atoms with E-state index in [0.717, 1.165) is 5.56 Å². The summed E-state index contributed by atoms with van der Waals surface area (Å²) in [5.74, 6) is -0.185. The third kappa shape index (κ3) is 4.22. The zero-order chi connectivity index (χ0) is 18.7. The highest BCUT2D eigenvalue weighted by Gasteiger charge is 2.29. The van der Waals surface area contributed by atoms with E-state index in [1.54, 1.807) is 23.1 Å². The summed E-state index contributed by atoms with van der Waals surface area (Å²) in [6.45, 7) is 3.00. The summed E-state index contributed by atoms with van der Waals surface area (Å²) in [6, 6.07) is 6.69. The number of rotatable bonds is 4. The molecule has 1 aliphatic rings. The van der Waals surface area contributed by atoms with Crippen LogP contribution in [-0.4, -0.2) is 29.8 Å². The molecule has 1 aromatic heterocycles. The van der Waals surface area contributed by atoms with Crippen molar-refractivity contribution in [3.05, 3.63) is 58.0 Å². The lowest BCUT2D eigenvalue weighted by Gasteiger charge is -2.31. The summed E-state index contributed by atoms with van der Waals surface area (Å²) in [5.41, 5.74) is 1.37. The molecule has 0 bridgehead atoms. The van der Waals surface area contributed by atoms with E-state index in [9.17, 15) is 9.59 Å². The molecule has 1 aromatic carbocycles. The number of hydrogen-bond donors (Lipinski definition) is 1. The van der Waals surface area contributed by atoms with Gasteiger partial charge in [0.2, 0.25) is 5.91 Å². The Morgan fingerprint density at radius 2 is 1.96 bits per heavy atom. The smallest absolute Gasteiger partial charge is 0.257 e. The highest BCUT2D eigenvalue weighted by atomic mass is 35.5. The molecule has 0 radical (unpaired) electrons. The first-order valence-corrected chi connectivity index (χ1v) is 9.28. The van der Waals surface area contributed by atoms with Gasteiger partial charge in [0.1, 0.15) is 6.26 Å². The molecule has 3 rings (SSSR count). The number of carbonyl (C=O) groups excluding carboxylic acids is 2. The minimum absolute atomic E-state index is 0.0149. The Morgan fingerprint density at radius 1 is 1.23 bits per heavy atom. The van der Waals surface area contributed by atoms with Gasteiger partial charge < -0.3 is 14.6 Å². The predicted octanol–water partition coefficient (Wildman–Crippen LogP) is 4.32. The summed E-state index contributed by atoms with van der Waals surface area (Å²) in [6.07, 6.45) is 4.20. The quantitative estimate of drug-likeness (QED) is 0.839. The van der Waals surface area contributed by atoms with Gasteiger partial charge in [-0.25, -0.2) is 0 Å². The summed E-state index contributed by atoms with van der Waals surface area (Å²) in [4.78, 5) is 26.6. The first-order chi connectivity index (χ1) is 12.5. The fraction of sp³-hybridized carbons (Fsp3) is 0.368. The Hall–Kier alpha value is -1.98. The molecule has 138 valence electrons. The number of amides is 2. The van der Waals surface area contributed by atoms with Crippen LogP contribution in [0.1, 0.15) is 41.7 Å². The van der Waals surface area contributed by atoms with Gasteiger partial charge in [-0.15, -0.1) is 0 Å². The van der Waals surface area contributed by atoms with Gasteiger partial charge in [-0.2, -0.15) is 0 Å². The van der Waals surface area contributed by atoms with Crippen LogP contribution in [0, 0.1) is 5.92 Å². The molecule has 1 aliphatic heterocycles. The van der Waals surface area contributed by atoms with E-state index in [2.05, 4.69) is 5.32 Å². The molecule has 7 heteroatoms. The van der Waals surface area contributed by atoms with E-state index in [1.165, 1.54) is 12.5 Å². The minimum Gasteiger partial charge on any atom is -0.472 e. The molecule has 2 aromatic rings. The third-order valence-corrected chi connectivity index (χ3v) is 5.27. The van der Waals surface area contributed by atoms with Crippen molar-refractivity contribution in [2.45, 2.75) is 25.8 Å². The maximum absolute atomic E-state index is 12.6. The molecule has 0 saturated carbocycles. The van der Waals surface area contributed by atoms with E-state index in [-0.39, 0.29) is 23.8 Å². The van der Waals surface area contributed by atoms with Crippen LogP contribution in [0.2, 0.25) is 10.0 Å². The Kier molecular flexibility index (Phi) is 5.89. The van der Waals surface area contributed by atoms with Gasteiger partial charge >= 0.3 is 0 Å². The number of carbonyl (C=O) groups is 2. The van der Waals surface area contributed by atoms with Crippen LogP contribution in [0.25, 0.3) is 0 Å². The highest BCUT2D eigenvalue weighted by Crippen LogP contribution is 2.27. The molecule has 26 heavy (non-hydrogen) atoms. The maximum atomic E-state index is 12.6. The van der Waals surface area contributed by atoms with Gasteiger partial charge in [0.25, 0.3) is 5.91 Å². The van der Waals surface area contributed by atoms with Gasteiger partial charge in [-0.1, -0.05) is 29.3 Å². The van der Waals surface area contributed by atoms with Crippen molar-refractivity contribution in [1.82, 2.24) is 10.2 Å². The molecule has 5 nitrogen and oxygen atoms in total. The van der Waals surface area contributed by atoms with E-state index in [0.29, 0.717) is 41.5 Å². The van der Waals surface area contributed by atoms with Crippen LogP contribution in [0.4, 0.5) is 0 Å². The highest BCUT2D eigenvalue weighted by molar-refractivity contribution is 6.35. The van der Waals surface area contributed by atoms with Crippen LogP contribution in [0.5, 0.6) is 0 Å². The van der Waals surface area contributed by atoms with Gasteiger partial charge in [0, 0.05) is 29.1 Å². The van der Waals surface area contributed by atoms with E-state index in [1.807, 2.05) is 13.0 Å². The second-order valence-corrected chi connectivity index (χ2v) is 7.32. The lowest BCUT2D eigenvalue weighted by molar-refractivity contribution is -0.126. The number of hydrogen-bond acceptors (Lipinski definition) is 3. The maximum Gasteiger partial charge on any atom is 0.257 e. The molecule has 0 spiro atoms. The summed E-state index contributed by atoms with van der Waals surface area (Å²) < 4.78 is 4.96. The molecule has 1 fully saturated rings. The molecule has 1 atom stereocenters. The number of furan rings is 1. The summed E-state index contributed by atoms with van der Waals surface area (Å²) in [5, 5.41) is 4.11. The minimum atomic E-state index is -0.210. The molecular weight excluding hydrogens is 375 g/mol. The van der Waals surface area contributed by atoms with Crippen LogP contribution in [0.15, 0.2) is 41.2 Å². The van der Waals surface area contributed by atoms with Crippen molar-refractivity contribution in [3.63, 3.8) is 0 Å². The molecule has 2 amide bonds. The van der Waals surface area contributed by atoms with Gasteiger partial charge in [0.15, 0.2) is 0 Å². The average Bonchev–Trinajstić information content (AvgIpc) is 3.15. The molecular formula is C19H20Cl2N2O3. The van der Waals surface area contributed by atoms with Crippen molar-refractivity contribution in [3.8, 4) is 0 Å². The zero-order valence-electron chi connectivity index (χ0n) is 14.4. The topological polar surface area (TPSA) is 62.6 Å². The Bertz CT molecular complexity index is 784. The number of nitrogens with zero attached hydrogens (tertiary/aromatic N) is 1. The number of nitrogens with one attached hydrogen (secondary N) is 1. The second-order valence-electron chi connectivity index (χ2n) is 6.47.